The molecule has 152 valence electrons. The van der Waals surface area contributed by atoms with Crippen LogP contribution in [0.1, 0.15) is 115 Å². The van der Waals surface area contributed by atoms with Gasteiger partial charge in [0.2, 0.25) is 6.29 Å². The first-order valence-corrected chi connectivity index (χ1v) is 10.7. The quantitative estimate of drug-likeness (QED) is 0.246. The normalized spacial score (nSPS) is 12.8. The van der Waals surface area contributed by atoms with Crippen LogP contribution in [-0.2, 0) is 9.47 Å². The van der Waals surface area contributed by atoms with Crippen LogP contribution in [0.4, 0.5) is 0 Å². The summed E-state index contributed by atoms with van der Waals surface area (Å²) in [7, 11) is 0. The van der Waals surface area contributed by atoms with Gasteiger partial charge in [0.1, 0.15) is 11.9 Å². The van der Waals surface area contributed by atoms with Crippen molar-refractivity contribution in [1.82, 2.24) is 0 Å². The Labute approximate surface area is 160 Å². The van der Waals surface area contributed by atoms with Gasteiger partial charge in [0.25, 0.3) is 0 Å². The number of aliphatic hydroxyl groups excluding tert-OH is 1. The summed E-state index contributed by atoms with van der Waals surface area (Å²) in [4.78, 5) is 0. The maximum Gasteiger partial charge on any atom is 0.217 e. The SMILES string of the molecule is CCCCCCCCCCCCC(O)c1ccc(C(OCC)OCC)o1. The molecular formula is C22H40O4. The number of hydrogen-bond acceptors (Lipinski definition) is 4. The molecule has 4 nitrogen and oxygen atoms in total. The molecule has 0 saturated heterocycles. The lowest BCUT2D eigenvalue weighted by Gasteiger charge is -2.14. The van der Waals surface area contributed by atoms with Gasteiger partial charge >= 0.3 is 0 Å². The van der Waals surface area contributed by atoms with E-state index in [1.807, 2.05) is 26.0 Å². The summed E-state index contributed by atoms with van der Waals surface area (Å²) < 4.78 is 16.8. The van der Waals surface area contributed by atoms with Gasteiger partial charge in [0.15, 0.2) is 5.76 Å². The van der Waals surface area contributed by atoms with Crippen molar-refractivity contribution in [2.75, 3.05) is 13.2 Å². The van der Waals surface area contributed by atoms with E-state index >= 15 is 0 Å². The standard InChI is InChI=1S/C22H40O4/c1-4-7-8-9-10-11-12-13-14-15-16-19(23)20-17-18-21(26-20)22(24-5-2)25-6-3/h17-19,22-23H,4-16H2,1-3H3. The summed E-state index contributed by atoms with van der Waals surface area (Å²) in [6.45, 7) is 7.23. The maximum atomic E-state index is 10.3. The summed E-state index contributed by atoms with van der Waals surface area (Å²) in [6.07, 6.45) is 12.7. The fourth-order valence-corrected chi connectivity index (χ4v) is 3.16. The van der Waals surface area contributed by atoms with Crippen LogP contribution in [0.25, 0.3) is 0 Å². The molecule has 0 aliphatic carbocycles. The molecule has 1 atom stereocenters. The first kappa shape index (κ1) is 23.2. The van der Waals surface area contributed by atoms with E-state index < -0.39 is 12.4 Å². The van der Waals surface area contributed by atoms with Gasteiger partial charge in [-0.1, -0.05) is 71.1 Å². The molecule has 0 amide bonds. The van der Waals surface area contributed by atoms with E-state index in [2.05, 4.69) is 6.92 Å². The Hall–Kier alpha value is -0.840. The molecule has 1 heterocycles. The fourth-order valence-electron chi connectivity index (χ4n) is 3.16. The first-order chi connectivity index (χ1) is 12.7. The van der Waals surface area contributed by atoms with Crippen LogP contribution >= 0.6 is 0 Å². The molecule has 0 aromatic carbocycles. The van der Waals surface area contributed by atoms with Crippen molar-refractivity contribution in [2.45, 2.75) is 104 Å². The molecule has 1 aromatic rings. The van der Waals surface area contributed by atoms with Crippen LogP contribution in [-0.4, -0.2) is 18.3 Å². The number of furan rings is 1. The predicted molar refractivity (Wildman–Crippen MR) is 106 cm³/mol. The zero-order valence-electron chi connectivity index (χ0n) is 17.2. The maximum absolute atomic E-state index is 10.3. The average Bonchev–Trinajstić information content (AvgIpc) is 3.13. The van der Waals surface area contributed by atoms with E-state index in [0.717, 1.165) is 12.8 Å². The van der Waals surface area contributed by atoms with E-state index in [1.165, 1.54) is 57.8 Å². The van der Waals surface area contributed by atoms with Crippen molar-refractivity contribution in [1.29, 1.82) is 0 Å². The van der Waals surface area contributed by atoms with Crippen molar-refractivity contribution in [3.8, 4) is 0 Å². The van der Waals surface area contributed by atoms with Crippen molar-refractivity contribution in [2.24, 2.45) is 0 Å². The third-order valence-corrected chi connectivity index (χ3v) is 4.68. The summed E-state index contributed by atoms with van der Waals surface area (Å²) in [5, 5.41) is 10.3. The Morgan fingerprint density at radius 2 is 1.27 bits per heavy atom. The van der Waals surface area contributed by atoms with Crippen molar-refractivity contribution >= 4 is 0 Å². The number of unbranched alkanes of at least 4 members (excludes halogenated alkanes) is 9. The Balaban J connectivity index is 2.16. The fraction of sp³-hybridized carbons (Fsp3) is 0.818. The van der Waals surface area contributed by atoms with Crippen LogP contribution in [0.15, 0.2) is 16.5 Å². The zero-order chi connectivity index (χ0) is 19.0. The van der Waals surface area contributed by atoms with Crippen LogP contribution in [0.5, 0.6) is 0 Å². The van der Waals surface area contributed by atoms with Crippen LogP contribution in [0, 0.1) is 0 Å². The van der Waals surface area contributed by atoms with Gasteiger partial charge in [-0.3, -0.25) is 0 Å². The minimum absolute atomic E-state index is 0.483. The monoisotopic (exact) mass is 368 g/mol. The molecule has 1 rings (SSSR count). The predicted octanol–water partition coefficient (Wildman–Crippen LogP) is 6.70. The van der Waals surface area contributed by atoms with E-state index in [-0.39, 0.29) is 0 Å². The topological polar surface area (TPSA) is 51.8 Å². The van der Waals surface area contributed by atoms with E-state index in [1.54, 1.807) is 0 Å². The molecule has 26 heavy (non-hydrogen) atoms. The first-order valence-electron chi connectivity index (χ1n) is 10.7. The van der Waals surface area contributed by atoms with Gasteiger partial charge in [0, 0.05) is 13.2 Å². The highest BCUT2D eigenvalue weighted by molar-refractivity contribution is 5.10. The number of ether oxygens (including phenoxy) is 2. The van der Waals surface area contributed by atoms with Gasteiger partial charge in [-0.2, -0.15) is 0 Å². The number of hydrogen-bond donors (Lipinski definition) is 1. The summed E-state index contributed by atoms with van der Waals surface area (Å²) in [5.41, 5.74) is 0. The summed E-state index contributed by atoms with van der Waals surface area (Å²) >= 11 is 0. The van der Waals surface area contributed by atoms with Gasteiger partial charge in [-0.15, -0.1) is 0 Å². The van der Waals surface area contributed by atoms with E-state index in [9.17, 15) is 5.11 Å². The highest BCUT2D eigenvalue weighted by Gasteiger charge is 2.19. The summed E-state index contributed by atoms with van der Waals surface area (Å²) in [6, 6.07) is 3.68. The number of rotatable bonds is 17. The van der Waals surface area contributed by atoms with Gasteiger partial charge in [0.05, 0.1) is 0 Å². The minimum atomic E-state index is -0.540. The Kier molecular flexibility index (Phi) is 13.6. The molecule has 4 heteroatoms. The second kappa shape index (κ2) is 15.2. The Morgan fingerprint density at radius 1 is 0.769 bits per heavy atom. The van der Waals surface area contributed by atoms with Crippen LogP contribution in [0.3, 0.4) is 0 Å². The molecule has 0 aliphatic heterocycles. The molecule has 1 N–H and O–H groups in total. The van der Waals surface area contributed by atoms with Crippen molar-refractivity contribution in [3.63, 3.8) is 0 Å². The van der Waals surface area contributed by atoms with Gasteiger partial charge < -0.3 is 19.0 Å². The highest BCUT2D eigenvalue weighted by Crippen LogP contribution is 2.27. The largest absolute Gasteiger partial charge is 0.458 e. The molecular weight excluding hydrogens is 328 g/mol. The van der Waals surface area contributed by atoms with Crippen LogP contribution in [0.2, 0.25) is 0 Å². The summed E-state index contributed by atoms with van der Waals surface area (Å²) in [5.74, 6) is 1.24. The molecule has 0 bridgehead atoms. The van der Waals surface area contributed by atoms with Gasteiger partial charge in [-0.25, -0.2) is 0 Å². The second-order valence-corrected chi connectivity index (χ2v) is 6.97. The lowest BCUT2D eigenvalue weighted by atomic mass is 10.0. The van der Waals surface area contributed by atoms with Gasteiger partial charge in [-0.05, 0) is 32.4 Å². The van der Waals surface area contributed by atoms with Crippen molar-refractivity contribution in [3.05, 3.63) is 23.7 Å². The zero-order valence-corrected chi connectivity index (χ0v) is 17.2. The minimum Gasteiger partial charge on any atom is -0.458 e. The molecule has 0 saturated carbocycles. The van der Waals surface area contributed by atoms with E-state index in [0.29, 0.717) is 24.7 Å². The highest BCUT2D eigenvalue weighted by atomic mass is 16.7. The Morgan fingerprint density at radius 3 is 1.81 bits per heavy atom. The third kappa shape index (κ3) is 9.75. The second-order valence-electron chi connectivity index (χ2n) is 6.97. The molecule has 0 aliphatic rings. The third-order valence-electron chi connectivity index (χ3n) is 4.68. The lowest BCUT2D eigenvalue weighted by molar-refractivity contribution is -0.151. The smallest absolute Gasteiger partial charge is 0.217 e. The van der Waals surface area contributed by atoms with Crippen LogP contribution < -0.4 is 0 Å². The average molecular weight is 369 g/mol. The molecule has 1 aromatic heterocycles. The molecule has 1 unspecified atom stereocenters. The van der Waals surface area contributed by atoms with E-state index in [4.69, 9.17) is 13.9 Å². The number of aliphatic hydroxyl groups is 1. The lowest BCUT2D eigenvalue weighted by Crippen LogP contribution is -2.07. The molecule has 0 radical (unpaired) electrons. The molecule has 0 fully saturated rings. The molecule has 0 spiro atoms. The Bertz CT molecular complexity index is 424. The van der Waals surface area contributed by atoms with Crippen molar-refractivity contribution < 1.29 is 19.0 Å².